The quantitative estimate of drug-likeness (QED) is 0.226. The van der Waals surface area contributed by atoms with Gasteiger partial charge in [-0.1, -0.05) is 133 Å². The highest BCUT2D eigenvalue weighted by Crippen LogP contribution is 2.51. The summed E-state index contributed by atoms with van der Waals surface area (Å²) >= 11 is 0. The van der Waals surface area contributed by atoms with Crippen molar-refractivity contribution in [2.45, 2.75) is 52.7 Å². The largest absolute Gasteiger partial charge is 0.381 e. The van der Waals surface area contributed by atoms with E-state index in [1.165, 1.54) is 0 Å². The van der Waals surface area contributed by atoms with E-state index in [4.69, 9.17) is 0 Å². The summed E-state index contributed by atoms with van der Waals surface area (Å²) in [5, 5.41) is 25.9. The molecule has 0 aromatic heterocycles. The van der Waals surface area contributed by atoms with Crippen LogP contribution in [0.5, 0.6) is 0 Å². The summed E-state index contributed by atoms with van der Waals surface area (Å²) in [6, 6.07) is 28.6. The lowest BCUT2D eigenvalue weighted by Crippen LogP contribution is -2.60. The highest BCUT2D eigenvalue weighted by molar-refractivity contribution is 6.00. The molecule has 0 amide bonds. The highest BCUT2D eigenvalue weighted by Gasteiger charge is 2.60. The normalized spacial score (nSPS) is 15.9. The summed E-state index contributed by atoms with van der Waals surface area (Å²) in [5.74, 6) is -2.89. The summed E-state index contributed by atoms with van der Waals surface area (Å²) in [6.45, 7) is 11.0. The van der Waals surface area contributed by atoms with Crippen LogP contribution in [0.25, 0.3) is 0 Å². The average molecular weight is 535 g/mol. The molecule has 0 heterocycles. The Morgan fingerprint density at radius 1 is 0.475 bits per heavy atom. The number of carbonyl (C=O) groups is 2. The minimum atomic E-state index is -2.17. The molecule has 2 N–H and O–H groups in total. The van der Waals surface area contributed by atoms with Crippen LogP contribution < -0.4 is 0 Å². The van der Waals surface area contributed by atoms with Crippen molar-refractivity contribution in [3.63, 3.8) is 0 Å². The fourth-order valence-corrected chi connectivity index (χ4v) is 5.53. The maximum absolute atomic E-state index is 14.0. The second-order valence-corrected chi connectivity index (χ2v) is 11.2. The van der Waals surface area contributed by atoms with Crippen molar-refractivity contribution in [3.05, 3.63) is 142 Å². The van der Waals surface area contributed by atoms with Gasteiger partial charge in [0.2, 0.25) is 0 Å². The molecule has 40 heavy (non-hydrogen) atoms. The van der Waals surface area contributed by atoms with E-state index in [1.807, 2.05) is 76.2 Å². The molecule has 4 heteroatoms. The molecule has 4 unspecified atom stereocenters. The SMILES string of the molecule is Cc1ccc(C(=O)C(C)C(O)(c2ccc(C)cc2)C(O)(c2ccc(C)cc2)C(C)C(=O)c2ccc(C)cc2)cc1. The number of hydrogen-bond acceptors (Lipinski definition) is 4. The molecule has 0 saturated carbocycles. The van der Waals surface area contributed by atoms with Gasteiger partial charge in [0.1, 0.15) is 11.2 Å². The first kappa shape index (κ1) is 29.1. The predicted octanol–water partition coefficient (Wildman–Crippen LogP) is 7.03. The summed E-state index contributed by atoms with van der Waals surface area (Å²) in [7, 11) is 0. The molecule has 0 spiro atoms. The molecular weight excluding hydrogens is 496 g/mol. The Labute approximate surface area is 237 Å². The van der Waals surface area contributed by atoms with Gasteiger partial charge in [0, 0.05) is 11.1 Å². The minimum Gasteiger partial charge on any atom is -0.381 e. The van der Waals surface area contributed by atoms with Crippen LogP contribution in [-0.2, 0) is 11.2 Å². The van der Waals surface area contributed by atoms with E-state index in [9.17, 15) is 19.8 Å². The molecule has 4 rings (SSSR count). The molecule has 0 radical (unpaired) electrons. The fourth-order valence-electron chi connectivity index (χ4n) is 5.53. The third-order valence-corrected chi connectivity index (χ3v) is 8.28. The van der Waals surface area contributed by atoms with Crippen molar-refractivity contribution in [2.75, 3.05) is 0 Å². The van der Waals surface area contributed by atoms with E-state index >= 15 is 0 Å². The molecule has 206 valence electrons. The van der Waals surface area contributed by atoms with Crippen LogP contribution in [0.2, 0.25) is 0 Å². The second kappa shape index (κ2) is 11.3. The first-order chi connectivity index (χ1) is 18.9. The third kappa shape index (κ3) is 5.17. The number of rotatable bonds is 9. The number of hydrogen-bond donors (Lipinski definition) is 2. The molecule has 4 nitrogen and oxygen atoms in total. The van der Waals surface area contributed by atoms with Crippen LogP contribution in [0.4, 0.5) is 0 Å². The second-order valence-electron chi connectivity index (χ2n) is 11.2. The van der Waals surface area contributed by atoms with Crippen LogP contribution in [0.15, 0.2) is 97.1 Å². The highest BCUT2D eigenvalue weighted by atomic mass is 16.4. The number of carbonyl (C=O) groups excluding carboxylic acids is 2. The van der Waals surface area contributed by atoms with Crippen molar-refractivity contribution >= 4 is 11.6 Å². The van der Waals surface area contributed by atoms with Gasteiger partial charge in [0.05, 0.1) is 11.8 Å². The monoisotopic (exact) mass is 534 g/mol. The molecule has 4 atom stereocenters. The summed E-state index contributed by atoms with van der Waals surface area (Å²) in [4.78, 5) is 28.0. The Bertz CT molecular complexity index is 1370. The van der Waals surface area contributed by atoms with E-state index in [0.717, 1.165) is 22.3 Å². The molecule has 4 aromatic carbocycles. The van der Waals surface area contributed by atoms with Crippen LogP contribution >= 0.6 is 0 Å². The fraction of sp³-hybridized carbons (Fsp3) is 0.278. The Balaban J connectivity index is 1.99. The zero-order valence-electron chi connectivity index (χ0n) is 24.1. The zero-order chi connectivity index (χ0) is 29.2. The molecule has 0 bridgehead atoms. The lowest BCUT2D eigenvalue weighted by molar-refractivity contribution is -0.201. The summed E-state index contributed by atoms with van der Waals surface area (Å²) in [5.41, 5.74) is 1.17. The van der Waals surface area contributed by atoms with E-state index in [0.29, 0.717) is 22.3 Å². The molecule has 0 aliphatic heterocycles. The molecule has 0 saturated heterocycles. The Morgan fingerprint density at radius 2 is 0.700 bits per heavy atom. The summed E-state index contributed by atoms with van der Waals surface area (Å²) in [6.07, 6.45) is 0. The van der Waals surface area contributed by atoms with Gasteiger partial charge >= 0.3 is 0 Å². The topological polar surface area (TPSA) is 74.6 Å². The first-order valence-corrected chi connectivity index (χ1v) is 13.7. The van der Waals surface area contributed by atoms with Crippen LogP contribution in [0, 0.1) is 39.5 Å². The number of aliphatic hydroxyl groups is 2. The van der Waals surface area contributed by atoms with E-state index in [-0.39, 0.29) is 11.6 Å². The van der Waals surface area contributed by atoms with Gasteiger partial charge in [-0.05, 0) is 38.8 Å². The smallest absolute Gasteiger partial charge is 0.169 e. The van der Waals surface area contributed by atoms with E-state index in [1.54, 1.807) is 62.4 Å². The minimum absolute atomic E-state index is 0.330. The lowest BCUT2D eigenvalue weighted by Gasteiger charge is -2.50. The van der Waals surface area contributed by atoms with Crippen LogP contribution in [0.1, 0.15) is 67.9 Å². The van der Waals surface area contributed by atoms with Gasteiger partial charge in [0.15, 0.2) is 11.6 Å². The van der Waals surface area contributed by atoms with E-state index in [2.05, 4.69) is 0 Å². The number of benzene rings is 4. The Kier molecular flexibility index (Phi) is 8.25. The number of Topliss-reactive ketones (excluding diaryl/α,β-unsaturated/α-hetero) is 2. The van der Waals surface area contributed by atoms with E-state index < -0.39 is 23.0 Å². The maximum atomic E-state index is 14.0. The van der Waals surface area contributed by atoms with Crippen LogP contribution in [-0.4, -0.2) is 21.8 Å². The van der Waals surface area contributed by atoms with Gasteiger partial charge in [-0.3, -0.25) is 9.59 Å². The standard InChI is InChI=1S/C36H38O4/c1-23-7-15-29(16-8-23)33(37)27(5)35(39,31-19-11-25(3)12-20-31)36(40,32-21-13-26(4)14-22-32)28(6)34(38)30-17-9-24(2)10-18-30/h7-22,27-28,39-40H,1-6H3. The van der Waals surface area contributed by atoms with Crippen molar-refractivity contribution in [1.29, 1.82) is 0 Å². The lowest BCUT2D eigenvalue weighted by atomic mass is 9.59. The van der Waals surface area contributed by atoms with Gasteiger partial charge < -0.3 is 10.2 Å². The van der Waals surface area contributed by atoms with Gasteiger partial charge in [-0.15, -0.1) is 0 Å². The number of aryl methyl sites for hydroxylation is 4. The van der Waals surface area contributed by atoms with Crippen molar-refractivity contribution < 1.29 is 19.8 Å². The zero-order valence-corrected chi connectivity index (χ0v) is 24.1. The predicted molar refractivity (Wildman–Crippen MR) is 159 cm³/mol. The van der Waals surface area contributed by atoms with Gasteiger partial charge in [-0.2, -0.15) is 0 Å². The summed E-state index contributed by atoms with van der Waals surface area (Å²) < 4.78 is 0. The van der Waals surface area contributed by atoms with Crippen molar-refractivity contribution in [2.24, 2.45) is 11.8 Å². The molecule has 0 aliphatic rings. The molecule has 0 fully saturated rings. The average Bonchev–Trinajstić information content (AvgIpc) is 2.96. The molecular formula is C36H38O4. The van der Waals surface area contributed by atoms with Crippen molar-refractivity contribution in [1.82, 2.24) is 0 Å². The maximum Gasteiger partial charge on any atom is 0.169 e. The van der Waals surface area contributed by atoms with Gasteiger partial charge in [-0.25, -0.2) is 0 Å². The van der Waals surface area contributed by atoms with Crippen molar-refractivity contribution in [3.8, 4) is 0 Å². The molecule has 0 aliphatic carbocycles. The first-order valence-electron chi connectivity index (χ1n) is 13.7. The van der Waals surface area contributed by atoms with Crippen LogP contribution in [0.3, 0.4) is 0 Å². The van der Waals surface area contributed by atoms with Gasteiger partial charge in [0.25, 0.3) is 0 Å². The number of ketones is 2. The molecule has 4 aromatic rings. The Hall–Kier alpha value is -3.86. The Morgan fingerprint density at radius 3 is 0.950 bits per heavy atom. The third-order valence-electron chi connectivity index (χ3n) is 8.28.